The molecule has 0 amide bonds. The topological polar surface area (TPSA) is 62.7 Å². The molecular weight excluding hydrogens is 259 g/mol. The maximum atomic E-state index is 13.2. The van der Waals surface area contributed by atoms with Crippen molar-refractivity contribution in [1.29, 1.82) is 5.26 Å². The molecule has 0 saturated heterocycles. The predicted molar refractivity (Wildman–Crippen MR) is 59.1 cm³/mol. The highest BCUT2D eigenvalue weighted by molar-refractivity contribution is 5.67. The Hall–Kier alpha value is -2.36. The average Bonchev–Trinajstić information content (AvgIpc) is 2.91. The Bertz CT molecular complexity index is 593. The van der Waals surface area contributed by atoms with Crippen molar-refractivity contribution >= 4 is 0 Å². The maximum Gasteiger partial charge on any atom is 0.269 e. The Balaban J connectivity index is 2.47. The fraction of sp³-hybridized carbons (Fsp3) is 0.250. The van der Waals surface area contributed by atoms with Gasteiger partial charge in [-0.3, -0.25) is 0 Å². The SMILES string of the molecule is N#Cc1nccc(CC(F)C(F)F)c1-c1cnco1. The lowest BCUT2D eigenvalue weighted by Crippen LogP contribution is -2.16. The van der Waals surface area contributed by atoms with Gasteiger partial charge in [-0.15, -0.1) is 0 Å². The molecule has 0 fully saturated rings. The van der Waals surface area contributed by atoms with E-state index >= 15 is 0 Å². The lowest BCUT2D eigenvalue weighted by molar-refractivity contribution is 0.0504. The summed E-state index contributed by atoms with van der Waals surface area (Å²) in [5, 5.41) is 8.97. The predicted octanol–water partition coefficient (Wildman–Crippen LogP) is 2.75. The zero-order valence-electron chi connectivity index (χ0n) is 9.55. The molecule has 7 heteroatoms. The van der Waals surface area contributed by atoms with Gasteiger partial charge in [0.1, 0.15) is 6.07 Å². The summed E-state index contributed by atoms with van der Waals surface area (Å²) in [4.78, 5) is 7.49. The molecule has 1 unspecified atom stereocenters. The third-order valence-corrected chi connectivity index (χ3v) is 2.51. The average molecular weight is 267 g/mol. The van der Waals surface area contributed by atoms with Crippen LogP contribution in [0.25, 0.3) is 11.3 Å². The Morgan fingerprint density at radius 3 is 2.74 bits per heavy atom. The number of halogens is 3. The van der Waals surface area contributed by atoms with E-state index in [9.17, 15) is 13.2 Å². The number of oxazole rings is 1. The van der Waals surface area contributed by atoms with Crippen LogP contribution in [0.4, 0.5) is 13.2 Å². The highest BCUT2D eigenvalue weighted by Crippen LogP contribution is 2.28. The van der Waals surface area contributed by atoms with Crippen molar-refractivity contribution in [3.63, 3.8) is 0 Å². The molecule has 0 aromatic carbocycles. The van der Waals surface area contributed by atoms with E-state index in [2.05, 4.69) is 9.97 Å². The first-order valence-electron chi connectivity index (χ1n) is 5.32. The number of pyridine rings is 1. The minimum absolute atomic E-state index is 0.0179. The summed E-state index contributed by atoms with van der Waals surface area (Å²) in [6.45, 7) is 0. The second kappa shape index (κ2) is 5.52. The molecule has 98 valence electrons. The van der Waals surface area contributed by atoms with Crippen LogP contribution < -0.4 is 0 Å². The lowest BCUT2D eigenvalue weighted by atomic mass is 10.00. The monoisotopic (exact) mass is 267 g/mol. The second-order valence-electron chi connectivity index (χ2n) is 3.73. The van der Waals surface area contributed by atoms with Crippen LogP contribution >= 0.6 is 0 Å². The van der Waals surface area contributed by atoms with E-state index in [1.165, 1.54) is 18.5 Å². The van der Waals surface area contributed by atoms with Gasteiger partial charge < -0.3 is 4.42 Å². The standard InChI is InChI=1S/C12H8F3N3O/c13-8(12(14)15)3-7-1-2-18-9(4-16)11(7)10-5-17-6-19-10/h1-2,5-6,8,12H,3H2. The summed E-state index contributed by atoms with van der Waals surface area (Å²) >= 11 is 0. The number of alkyl halides is 3. The largest absolute Gasteiger partial charge is 0.443 e. The van der Waals surface area contributed by atoms with Gasteiger partial charge in [-0.05, 0) is 11.6 Å². The van der Waals surface area contributed by atoms with E-state index < -0.39 is 19.0 Å². The molecular formula is C12H8F3N3O. The third kappa shape index (κ3) is 2.73. The van der Waals surface area contributed by atoms with Crippen LogP contribution in [-0.2, 0) is 6.42 Å². The van der Waals surface area contributed by atoms with Gasteiger partial charge in [0.15, 0.2) is 24.0 Å². The molecule has 0 aliphatic rings. The molecule has 0 spiro atoms. The molecule has 2 rings (SSSR count). The summed E-state index contributed by atoms with van der Waals surface area (Å²) < 4.78 is 42.8. The van der Waals surface area contributed by atoms with Crippen LogP contribution in [-0.4, -0.2) is 22.6 Å². The zero-order chi connectivity index (χ0) is 13.8. The van der Waals surface area contributed by atoms with Gasteiger partial charge in [-0.1, -0.05) is 0 Å². The summed E-state index contributed by atoms with van der Waals surface area (Å²) in [5.74, 6) is 0.195. The molecule has 0 saturated carbocycles. The van der Waals surface area contributed by atoms with E-state index in [0.29, 0.717) is 0 Å². The van der Waals surface area contributed by atoms with E-state index in [4.69, 9.17) is 9.68 Å². The van der Waals surface area contributed by atoms with Crippen molar-refractivity contribution in [2.75, 3.05) is 0 Å². The molecule has 0 bridgehead atoms. The Labute approximate surface area is 106 Å². The Morgan fingerprint density at radius 2 is 2.16 bits per heavy atom. The van der Waals surface area contributed by atoms with Gasteiger partial charge >= 0.3 is 0 Å². The quantitative estimate of drug-likeness (QED) is 0.854. The van der Waals surface area contributed by atoms with Crippen LogP contribution in [0.15, 0.2) is 29.3 Å². The number of hydrogen-bond acceptors (Lipinski definition) is 4. The molecule has 1 atom stereocenters. The first kappa shape index (κ1) is 13.1. The van der Waals surface area contributed by atoms with E-state index in [0.717, 1.165) is 6.39 Å². The van der Waals surface area contributed by atoms with Crippen molar-refractivity contribution in [3.8, 4) is 17.4 Å². The fourth-order valence-corrected chi connectivity index (χ4v) is 1.67. The summed E-state index contributed by atoms with van der Waals surface area (Å²) in [5.41, 5.74) is 0.414. The Kier molecular flexibility index (Phi) is 3.80. The van der Waals surface area contributed by atoms with Crippen LogP contribution in [0.5, 0.6) is 0 Å². The molecule has 4 nitrogen and oxygen atoms in total. The van der Waals surface area contributed by atoms with Gasteiger partial charge in [-0.25, -0.2) is 23.1 Å². The van der Waals surface area contributed by atoms with Crippen LogP contribution in [0.2, 0.25) is 0 Å². The summed E-state index contributed by atoms with van der Waals surface area (Å²) in [7, 11) is 0. The van der Waals surface area contributed by atoms with Crippen molar-refractivity contribution < 1.29 is 17.6 Å². The smallest absolute Gasteiger partial charge is 0.269 e. The fourth-order valence-electron chi connectivity index (χ4n) is 1.67. The third-order valence-electron chi connectivity index (χ3n) is 2.51. The number of aromatic nitrogens is 2. The van der Waals surface area contributed by atoms with Crippen LogP contribution in [0.3, 0.4) is 0 Å². The number of nitrogens with zero attached hydrogens (tertiary/aromatic N) is 3. The summed E-state index contributed by atoms with van der Waals surface area (Å²) in [6.07, 6.45) is -2.20. The minimum atomic E-state index is -3.08. The van der Waals surface area contributed by atoms with Crippen LogP contribution in [0.1, 0.15) is 11.3 Å². The number of nitriles is 1. The molecule has 0 aliphatic heterocycles. The minimum Gasteiger partial charge on any atom is -0.443 e. The van der Waals surface area contributed by atoms with E-state index in [-0.39, 0.29) is 22.6 Å². The molecule has 0 radical (unpaired) electrons. The first-order chi connectivity index (χ1) is 9.13. The van der Waals surface area contributed by atoms with Crippen molar-refractivity contribution in [1.82, 2.24) is 9.97 Å². The lowest BCUT2D eigenvalue weighted by Gasteiger charge is -2.11. The van der Waals surface area contributed by atoms with Gasteiger partial charge in [0.05, 0.1) is 11.8 Å². The highest BCUT2D eigenvalue weighted by atomic mass is 19.3. The van der Waals surface area contributed by atoms with Gasteiger partial charge in [0.2, 0.25) is 0 Å². The molecule has 2 heterocycles. The van der Waals surface area contributed by atoms with Crippen LogP contribution in [0, 0.1) is 11.3 Å². The number of rotatable bonds is 4. The molecule has 0 aliphatic carbocycles. The van der Waals surface area contributed by atoms with Crippen molar-refractivity contribution in [2.24, 2.45) is 0 Å². The van der Waals surface area contributed by atoms with Gasteiger partial charge in [0.25, 0.3) is 6.43 Å². The number of hydrogen-bond donors (Lipinski definition) is 0. The van der Waals surface area contributed by atoms with Gasteiger partial charge in [-0.2, -0.15) is 5.26 Å². The molecule has 19 heavy (non-hydrogen) atoms. The summed E-state index contributed by atoms with van der Waals surface area (Å²) in [6, 6.07) is 3.20. The van der Waals surface area contributed by atoms with Crippen molar-refractivity contribution in [2.45, 2.75) is 19.0 Å². The Morgan fingerprint density at radius 1 is 1.37 bits per heavy atom. The highest BCUT2D eigenvalue weighted by Gasteiger charge is 2.23. The van der Waals surface area contributed by atoms with Gasteiger partial charge in [0, 0.05) is 12.6 Å². The molecule has 2 aromatic heterocycles. The molecule has 2 aromatic rings. The zero-order valence-corrected chi connectivity index (χ0v) is 9.55. The first-order valence-corrected chi connectivity index (χ1v) is 5.32. The molecule has 0 N–H and O–H groups in total. The van der Waals surface area contributed by atoms with E-state index in [1.807, 2.05) is 6.07 Å². The van der Waals surface area contributed by atoms with Crippen molar-refractivity contribution in [3.05, 3.63) is 36.1 Å². The second-order valence-corrected chi connectivity index (χ2v) is 3.73. The maximum absolute atomic E-state index is 13.2. The normalized spacial score (nSPS) is 12.4. The van der Waals surface area contributed by atoms with E-state index in [1.54, 1.807) is 0 Å².